The quantitative estimate of drug-likeness (QED) is 0.365. The monoisotopic (exact) mass is 755 g/mol. The first-order chi connectivity index (χ1) is 24.8. The summed E-state index contributed by atoms with van der Waals surface area (Å²) in [7, 11) is -3.91. The minimum absolute atomic E-state index is 0.0817. The molecule has 5 amide bonds. The molecule has 1 aromatic rings. The Morgan fingerprint density at radius 3 is 2.45 bits per heavy atom. The molecule has 1 aromatic carbocycles. The molecular formula is C38H53N5O9S. The lowest BCUT2D eigenvalue weighted by Gasteiger charge is -2.35. The third kappa shape index (κ3) is 8.34. The molecule has 4 bridgehead atoms. The van der Waals surface area contributed by atoms with Crippen LogP contribution in [0.1, 0.15) is 96.3 Å². The van der Waals surface area contributed by atoms with E-state index in [0.717, 1.165) is 36.8 Å². The topological polar surface area (TPSA) is 181 Å². The average Bonchev–Trinajstić information content (AvgIpc) is 3.97. The van der Waals surface area contributed by atoms with Gasteiger partial charge in [-0.25, -0.2) is 18.0 Å². The summed E-state index contributed by atoms with van der Waals surface area (Å²) in [5.41, 5.74) is 0.580. The number of carbonyl (C=O) groups is 5. The second-order valence-electron chi connectivity index (χ2n) is 17.2. The number of hydrogen-bond acceptors (Lipinski definition) is 9. The van der Waals surface area contributed by atoms with Crippen molar-refractivity contribution in [3.05, 3.63) is 47.5 Å². The summed E-state index contributed by atoms with van der Waals surface area (Å²) >= 11 is 0. The van der Waals surface area contributed by atoms with E-state index in [9.17, 15) is 32.4 Å². The van der Waals surface area contributed by atoms with Gasteiger partial charge in [0.05, 0.1) is 18.4 Å². The van der Waals surface area contributed by atoms with E-state index in [2.05, 4.69) is 28.0 Å². The van der Waals surface area contributed by atoms with Gasteiger partial charge in [-0.05, 0) is 66.0 Å². The van der Waals surface area contributed by atoms with Crippen LogP contribution in [0.3, 0.4) is 0 Å². The summed E-state index contributed by atoms with van der Waals surface area (Å²) < 4.78 is 39.1. The maximum atomic E-state index is 14.5. The molecule has 0 aromatic heterocycles. The van der Waals surface area contributed by atoms with Crippen LogP contribution >= 0.6 is 0 Å². The fourth-order valence-electron chi connectivity index (χ4n) is 7.69. The molecule has 5 unspecified atom stereocenters. The van der Waals surface area contributed by atoms with E-state index in [1.807, 2.05) is 26.0 Å². The predicted molar refractivity (Wildman–Crippen MR) is 194 cm³/mol. The van der Waals surface area contributed by atoms with Crippen LogP contribution in [0.2, 0.25) is 0 Å². The first kappa shape index (κ1) is 38.6. The first-order valence-corrected chi connectivity index (χ1v) is 20.2. The number of ether oxygens (including phenoxy) is 2. The lowest BCUT2D eigenvalue weighted by Crippen LogP contribution is -2.60. The summed E-state index contributed by atoms with van der Waals surface area (Å²) in [5.74, 6) is -2.71. The number of nitrogens with zero attached hydrogens (tertiary/aromatic N) is 2. The molecule has 0 radical (unpaired) electrons. The van der Waals surface area contributed by atoms with Crippen LogP contribution in [-0.4, -0.2) is 90.3 Å². The molecule has 3 aliphatic heterocycles. The third-order valence-electron chi connectivity index (χ3n) is 11.2. The fraction of sp³-hybridized carbons (Fsp3) is 0.658. The first-order valence-electron chi connectivity index (χ1n) is 18.6. The van der Waals surface area contributed by atoms with E-state index in [4.69, 9.17) is 9.47 Å². The van der Waals surface area contributed by atoms with Crippen molar-refractivity contribution in [2.75, 3.05) is 13.2 Å². The highest BCUT2D eigenvalue weighted by molar-refractivity contribution is 7.91. The minimum Gasteiger partial charge on any atom is -0.449 e. The Hall–Kier alpha value is -4.14. The van der Waals surface area contributed by atoms with E-state index in [1.54, 1.807) is 25.7 Å². The summed E-state index contributed by atoms with van der Waals surface area (Å²) in [5, 5.41) is 4.84. The average molecular weight is 756 g/mol. The van der Waals surface area contributed by atoms with Crippen LogP contribution in [-0.2, 0) is 53.4 Å². The number of carbonyl (C=O) groups excluding carboxylic acids is 5. The predicted octanol–water partition coefficient (Wildman–Crippen LogP) is 3.67. The lowest BCUT2D eigenvalue weighted by atomic mass is 9.85. The number of rotatable bonds is 6. The summed E-state index contributed by atoms with van der Waals surface area (Å²) in [6.07, 6.45) is 3.66. The van der Waals surface area contributed by atoms with E-state index < -0.39 is 80.2 Å². The van der Waals surface area contributed by atoms with Crippen LogP contribution in [0.4, 0.5) is 9.59 Å². The van der Waals surface area contributed by atoms with Gasteiger partial charge in [0.15, 0.2) is 0 Å². The molecule has 15 heteroatoms. The van der Waals surface area contributed by atoms with Crippen molar-refractivity contribution >= 4 is 39.9 Å². The Labute approximate surface area is 311 Å². The Morgan fingerprint density at radius 2 is 1.79 bits per heavy atom. The van der Waals surface area contributed by atoms with Crippen LogP contribution in [0.5, 0.6) is 0 Å². The van der Waals surface area contributed by atoms with Crippen molar-refractivity contribution in [3.63, 3.8) is 0 Å². The number of amides is 5. The number of alkyl carbamates (subject to hydrolysis) is 1. The molecule has 5 aliphatic rings. The smallest absolute Gasteiger partial charge is 0.410 e. The van der Waals surface area contributed by atoms with Gasteiger partial charge >= 0.3 is 12.2 Å². The van der Waals surface area contributed by atoms with E-state index in [-0.39, 0.29) is 31.4 Å². The van der Waals surface area contributed by atoms with Crippen molar-refractivity contribution in [2.24, 2.45) is 16.7 Å². The molecule has 3 N–H and O–H groups in total. The highest BCUT2D eigenvalue weighted by Crippen LogP contribution is 2.45. The highest BCUT2D eigenvalue weighted by atomic mass is 32.2. The van der Waals surface area contributed by atoms with Crippen molar-refractivity contribution in [1.82, 2.24) is 25.2 Å². The Kier molecular flexibility index (Phi) is 10.4. The molecule has 290 valence electrons. The van der Waals surface area contributed by atoms with Crippen LogP contribution < -0.4 is 15.4 Å². The highest BCUT2D eigenvalue weighted by Gasteiger charge is 2.62. The number of nitrogens with one attached hydrogen (secondary N) is 3. The van der Waals surface area contributed by atoms with Crippen molar-refractivity contribution in [2.45, 2.75) is 128 Å². The van der Waals surface area contributed by atoms with E-state index in [1.165, 1.54) is 16.5 Å². The van der Waals surface area contributed by atoms with Crippen LogP contribution in [0.15, 0.2) is 30.9 Å². The van der Waals surface area contributed by atoms with E-state index >= 15 is 0 Å². The lowest BCUT2D eigenvalue weighted by molar-refractivity contribution is -0.143. The van der Waals surface area contributed by atoms with Gasteiger partial charge in [0, 0.05) is 25.4 Å². The van der Waals surface area contributed by atoms with Gasteiger partial charge in [-0.2, -0.15) is 0 Å². The molecule has 5 atom stereocenters. The maximum absolute atomic E-state index is 14.5. The summed E-state index contributed by atoms with van der Waals surface area (Å²) in [6.45, 7) is 13.9. The largest absolute Gasteiger partial charge is 0.449 e. The minimum atomic E-state index is -3.91. The zero-order valence-corrected chi connectivity index (χ0v) is 32.2. The maximum Gasteiger partial charge on any atom is 0.410 e. The second kappa shape index (κ2) is 14.3. The molecule has 1 saturated heterocycles. The molecule has 0 spiro atoms. The van der Waals surface area contributed by atoms with Gasteiger partial charge in [-0.15, -0.1) is 6.58 Å². The van der Waals surface area contributed by atoms with Crippen molar-refractivity contribution in [1.29, 1.82) is 0 Å². The number of aryl methyl sites for hydroxylation is 1. The number of benzene rings is 1. The van der Waals surface area contributed by atoms with Gasteiger partial charge in [0.25, 0.3) is 5.91 Å². The standard InChI is InChI=1S/C38H53N5O9S/c1-7-25-18-38(25,33(46)41-53(49,50)27-14-15-27)40-31(44)29-17-26-20-43(29)32(45)30(36(2,3)4)39-34(47)51-22-37(5,6)16-9-8-11-23-12-10-13-24-19-42(21-28(23)24)35(48)52-26/h7,10,12-13,25-27,29-30H,1,8-9,11,14-22H2,2-6H3,(H,39,47)(H,40,44)(H,41,46). The molecule has 3 fully saturated rings. The number of sulfonamides is 1. The van der Waals surface area contributed by atoms with Gasteiger partial charge in [0.1, 0.15) is 23.7 Å². The fourth-order valence-corrected chi connectivity index (χ4v) is 9.06. The van der Waals surface area contributed by atoms with Crippen molar-refractivity contribution in [3.8, 4) is 0 Å². The zero-order chi connectivity index (χ0) is 38.5. The molecular weight excluding hydrogens is 703 g/mol. The van der Waals surface area contributed by atoms with E-state index in [0.29, 0.717) is 25.9 Å². The molecule has 53 heavy (non-hydrogen) atoms. The Balaban J connectivity index is 1.28. The SMILES string of the molecule is C=CC1CC1(NC(=O)C1CC2CN1C(=O)C(C(C)(C)C)NC(=O)OCC(C)(C)CCCCc1cccc3c1CN(C3)C(=O)O2)C(=O)NS(=O)(=O)C1CC1. The van der Waals surface area contributed by atoms with Crippen LogP contribution in [0, 0.1) is 16.7 Å². The van der Waals surface area contributed by atoms with Gasteiger partial charge < -0.3 is 25.0 Å². The summed E-state index contributed by atoms with van der Waals surface area (Å²) in [4.78, 5) is 71.9. The normalized spacial score (nSPS) is 29.3. The van der Waals surface area contributed by atoms with Crippen molar-refractivity contribution < 1.29 is 41.9 Å². The zero-order valence-electron chi connectivity index (χ0n) is 31.4. The van der Waals surface area contributed by atoms with Gasteiger partial charge in [-0.1, -0.05) is 65.3 Å². The Bertz CT molecular complexity index is 1790. The molecule has 2 aliphatic carbocycles. The molecule has 3 heterocycles. The van der Waals surface area contributed by atoms with Crippen LogP contribution in [0.25, 0.3) is 0 Å². The number of cyclic esters (lactones) is 1. The number of hydrogen-bond donors (Lipinski definition) is 3. The second-order valence-corrected chi connectivity index (χ2v) is 19.2. The molecule has 2 saturated carbocycles. The third-order valence-corrected chi connectivity index (χ3v) is 13.0. The molecule has 14 nitrogen and oxygen atoms in total. The van der Waals surface area contributed by atoms with Gasteiger partial charge in [0.2, 0.25) is 21.8 Å². The van der Waals surface area contributed by atoms with Gasteiger partial charge in [-0.3, -0.25) is 24.0 Å². The number of fused-ring (bicyclic) bond motifs is 3. The Morgan fingerprint density at radius 1 is 1.08 bits per heavy atom. The summed E-state index contributed by atoms with van der Waals surface area (Å²) in [6, 6.07) is 3.73. The molecule has 6 rings (SSSR count).